The van der Waals surface area contributed by atoms with Gasteiger partial charge in [0.1, 0.15) is 6.04 Å². The first-order chi connectivity index (χ1) is 13.4. The van der Waals surface area contributed by atoms with Gasteiger partial charge in [0.15, 0.2) is 0 Å². The monoisotopic (exact) mass is 378 g/mol. The summed E-state index contributed by atoms with van der Waals surface area (Å²) in [6.45, 7) is 1.38. The summed E-state index contributed by atoms with van der Waals surface area (Å²) in [6, 6.07) is 12.3. The quantitative estimate of drug-likeness (QED) is 0.603. The van der Waals surface area contributed by atoms with E-state index in [2.05, 4.69) is 20.6 Å². The Morgan fingerprint density at radius 3 is 2.36 bits per heavy atom. The second kappa shape index (κ2) is 8.26. The summed E-state index contributed by atoms with van der Waals surface area (Å²) in [6.07, 6.45) is 1.51. The molecule has 1 atom stereocenters. The van der Waals surface area contributed by atoms with Gasteiger partial charge in [-0.25, -0.2) is 9.78 Å². The molecule has 0 aliphatic carbocycles. The highest BCUT2D eigenvalue weighted by Gasteiger charge is 2.22. The molecule has 2 amide bonds. The molecule has 3 N–H and O–H groups in total. The predicted octanol–water partition coefficient (Wildman–Crippen LogP) is 2.01. The second-order valence-corrected chi connectivity index (χ2v) is 6.18. The molecule has 1 aromatic heterocycles. The van der Waals surface area contributed by atoms with Gasteiger partial charge in [-0.2, -0.15) is 0 Å². The van der Waals surface area contributed by atoms with Crippen molar-refractivity contribution in [1.82, 2.24) is 15.3 Å². The molecule has 3 rings (SSSR count). The first kappa shape index (κ1) is 19.0. The van der Waals surface area contributed by atoms with Crippen molar-refractivity contribution in [3.8, 4) is 0 Å². The minimum Gasteiger partial charge on any atom is -0.480 e. The lowest BCUT2D eigenvalue weighted by molar-refractivity contribution is -0.139. The van der Waals surface area contributed by atoms with E-state index in [1.54, 1.807) is 18.2 Å². The van der Waals surface area contributed by atoms with Crippen LogP contribution in [0.2, 0.25) is 0 Å². The fraction of sp³-hybridized carbons (Fsp3) is 0.150. The maximum absolute atomic E-state index is 12.4. The lowest BCUT2D eigenvalue weighted by atomic mass is 10.1. The molecule has 0 fully saturated rings. The van der Waals surface area contributed by atoms with E-state index in [1.807, 2.05) is 18.2 Å². The molecule has 1 heterocycles. The fourth-order valence-corrected chi connectivity index (χ4v) is 2.65. The van der Waals surface area contributed by atoms with Gasteiger partial charge in [-0.15, -0.1) is 0 Å². The summed E-state index contributed by atoms with van der Waals surface area (Å²) >= 11 is 0. The molecule has 0 aliphatic heterocycles. The summed E-state index contributed by atoms with van der Waals surface area (Å²) in [5.74, 6) is -1.92. The van der Waals surface area contributed by atoms with Crippen LogP contribution in [0.5, 0.6) is 0 Å². The standard InChI is InChI=1S/C20H18N4O4/c1-12(25)22-14-8-6-13(7-9-14)19(26)24-18(20(27)28)10-15-11-21-16-4-2-3-5-17(16)23-15/h2-9,11,18H,10H2,1H3,(H,22,25)(H,24,26)(H,27,28)/t18-/m1/s1. The first-order valence-electron chi connectivity index (χ1n) is 8.54. The fourth-order valence-electron chi connectivity index (χ4n) is 2.65. The Morgan fingerprint density at radius 2 is 1.71 bits per heavy atom. The Balaban J connectivity index is 1.72. The number of carboxylic acids is 1. The molecule has 28 heavy (non-hydrogen) atoms. The molecular formula is C20H18N4O4. The number of rotatable bonds is 6. The number of hydrogen-bond donors (Lipinski definition) is 3. The van der Waals surface area contributed by atoms with Crippen LogP contribution in [0.25, 0.3) is 11.0 Å². The van der Waals surface area contributed by atoms with Gasteiger partial charge in [-0.3, -0.25) is 14.6 Å². The number of carboxylic acid groups (broad SMARTS) is 1. The van der Waals surface area contributed by atoms with E-state index >= 15 is 0 Å². The van der Waals surface area contributed by atoms with Gasteiger partial charge in [0.2, 0.25) is 5.91 Å². The van der Waals surface area contributed by atoms with Crippen LogP contribution < -0.4 is 10.6 Å². The zero-order chi connectivity index (χ0) is 20.1. The van der Waals surface area contributed by atoms with E-state index in [0.29, 0.717) is 22.4 Å². The van der Waals surface area contributed by atoms with Gasteiger partial charge >= 0.3 is 5.97 Å². The minimum absolute atomic E-state index is 0.00286. The average molecular weight is 378 g/mol. The van der Waals surface area contributed by atoms with Crippen LogP contribution in [0.15, 0.2) is 54.7 Å². The van der Waals surface area contributed by atoms with Crippen LogP contribution >= 0.6 is 0 Å². The molecule has 2 aromatic carbocycles. The number of nitrogens with one attached hydrogen (secondary N) is 2. The number of amides is 2. The second-order valence-electron chi connectivity index (χ2n) is 6.18. The molecule has 0 radical (unpaired) electrons. The zero-order valence-corrected chi connectivity index (χ0v) is 15.0. The van der Waals surface area contributed by atoms with E-state index in [9.17, 15) is 19.5 Å². The van der Waals surface area contributed by atoms with Crippen molar-refractivity contribution in [2.24, 2.45) is 0 Å². The third-order valence-electron chi connectivity index (χ3n) is 3.98. The van der Waals surface area contributed by atoms with Gasteiger partial charge < -0.3 is 15.7 Å². The smallest absolute Gasteiger partial charge is 0.326 e. The number of carbonyl (C=O) groups excluding carboxylic acids is 2. The van der Waals surface area contributed by atoms with Crippen molar-refractivity contribution in [1.29, 1.82) is 0 Å². The molecular weight excluding hydrogens is 360 g/mol. The van der Waals surface area contributed by atoms with Crippen molar-refractivity contribution in [3.63, 3.8) is 0 Å². The Kier molecular flexibility index (Phi) is 5.59. The van der Waals surface area contributed by atoms with E-state index < -0.39 is 17.9 Å². The Bertz CT molecular complexity index is 1030. The largest absolute Gasteiger partial charge is 0.480 e. The van der Waals surface area contributed by atoms with Crippen molar-refractivity contribution in [2.45, 2.75) is 19.4 Å². The molecule has 8 heteroatoms. The highest BCUT2D eigenvalue weighted by molar-refractivity contribution is 5.97. The molecule has 3 aromatic rings. The number of anilines is 1. The van der Waals surface area contributed by atoms with Gasteiger partial charge in [0, 0.05) is 30.8 Å². The summed E-state index contributed by atoms with van der Waals surface area (Å²) in [4.78, 5) is 43.7. The minimum atomic E-state index is -1.17. The maximum atomic E-state index is 12.4. The number of hydrogen-bond acceptors (Lipinski definition) is 5. The lowest BCUT2D eigenvalue weighted by Crippen LogP contribution is -2.42. The zero-order valence-electron chi connectivity index (χ0n) is 15.0. The van der Waals surface area contributed by atoms with Gasteiger partial charge in [-0.1, -0.05) is 12.1 Å². The molecule has 0 spiro atoms. The Hall–Kier alpha value is -3.81. The highest BCUT2D eigenvalue weighted by Crippen LogP contribution is 2.12. The Labute approximate surface area is 160 Å². The third kappa shape index (κ3) is 4.67. The summed E-state index contributed by atoms with van der Waals surface area (Å²) in [5, 5.41) is 14.6. The van der Waals surface area contributed by atoms with Crippen molar-refractivity contribution < 1.29 is 19.5 Å². The normalized spacial score (nSPS) is 11.6. The van der Waals surface area contributed by atoms with Gasteiger partial charge in [-0.05, 0) is 36.4 Å². The van der Waals surface area contributed by atoms with E-state index in [-0.39, 0.29) is 17.9 Å². The molecule has 8 nitrogen and oxygen atoms in total. The predicted molar refractivity (Wildman–Crippen MR) is 103 cm³/mol. The number of nitrogens with zero attached hydrogens (tertiary/aromatic N) is 2. The van der Waals surface area contributed by atoms with Crippen molar-refractivity contribution in [3.05, 3.63) is 66.0 Å². The number of aromatic nitrogens is 2. The van der Waals surface area contributed by atoms with E-state index in [0.717, 1.165) is 0 Å². The molecule has 0 aliphatic rings. The van der Waals surface area contributed by atoms with Crippen LogP contribution in [0, 0.1) is 0 Å². The van der Waals surface area contributed by atoms with E-state index in [1.165, 1.54) is 25.3 Å². The maximum Gasteiger partial charge on any atom is 0.326 e. The Morgan fingerprint density at radius 1 is 1.04 bits per heavy atom. The van der Waals surface area contributed by atoms with Crippen LogP contribution in [0.3, 0.4) is 0 Å². The van der Waals surface area contributed by atoms with Crippen LogP contribution in [0.4, 0.5) is 5.69 Å². The van der Waals surface area contributed by atoms with Crippen LogP contribution in [0.1, 0.15) is 23.0 Å². The third-order valence-corrected chi connectivity index (χ3v) is 3.98. The SMILES string of the molecule is CC(=O)Nc1ccc(C(=O)N[C@H](Cc2cnc3ccccc3n2)C(=O)O)cc1. The summed E-state index contributed by atoms with van der Waals surface area (Å²) < 4.78 is 0. The summed E-state index contributed by atoms with van der Waals surface area (Å²) in [7, 11) is 0. The number of carbonyl (C=O) groups is 3. The number of aliphatic carboxylic acids is 1. The number of fused-ring (bicyclic) bond motifs is 1. The summed E-state index contributed by atoms with van der Waals surface area (Å²) in [5.41, 5.74) is 2.66. The van der Waals surface area contributed by atoms with E-state index in [4.69, 9.17) is 0 Å². The topological polar surface area (TPSA) is 121 Å². The van der Waals surface area contributed by atoms with Gasteiger partial charge in [0.05, 0.1) is 16.7 Å². The molecule has 142 valence electrons. The average Bonchev–Trinajstić information content (AvgIpc) is 2.67. The lowest BCUT2D eigenvalue weighted by Gasteiger charge is -2.14. The molecule has 0 bridgehead atoms. The van der Waals surface area contributed by atoms with Crippen LogP contribution in [-0.4, -0.2) is 38.9 Å². The van der Waals surface area contributed by atoms with Crippen LogP contribution in [-0.2, 0) is 16.0 Å². The van der Waals surface area contributed by atoms with Crippen molar-refractivity contribution >= 4 is 34.5 Å². The van der Waals surface area contributed by atoms with Crippen molar-refractivity contribution in [2.75, 3.05) is 5.32 Å². The molecule has 0 saturated carbocycles. The number of para-hydroxylation sites is 2. The van der Waals surface area contributed by atoms with Gasteiger partial charge in [0.25, 0.3) is 5.91 Å². The highest BCUT2D eigenvalue weighted by atomic mass is 16.4. The number of benzene rings is 2. The first-order valence-corrected chi connectivity index (χ1v) is 8.54. The molecule has 0 unspecified atom stereocenters. The molecule has 0 saturated heterocycles.